The van der Waals surface area contributed by atoms with Crippen LogP contribution in [-0.4, -0.2) is 17.2 Å². The number of rotatable bonds is 8. The van der Waals surface area contributed by atoms with E-state index in [0.29, 0.717) is 6.42 Å². The Labute approximate surface area is 184 Å². The van der Waals surface area contributed by atoms with Gasteiger partial charge in [0, 0.05) is 6.42 Å². The van der Waals surface area contributed by atoms with Crippen LogP contribution in [0.5, 0.6) is 0 Å². The number of hydrogen-bond acceptors (Lipinski definition) is 1. The van der Waals surface area contributed by atoms with Crippen molar-refractivity contribution < 1.29 is 9.90 Å². The second-order valence-electron chi connectivity index (χ2n) is 6.39. The molecule has 0 bridgehead atoms. The van der Waals surface area contributed by atoms with E-state index in [2.05, 4.69) is 91.0 Å². The Morgan fingerprint density at radius 3 is 1.36 bits per heavy atom. The van der Waals surface area contributed by atoms with E-state index in [9.17, 15) is 4.79 Å². The summed E-state index contributed by atoms with van der Waals surface area (Å²) in [6, 6.07) is 32.2. The van der Waals surface area contributed by atoms with Gasteiger partial charge in [-0.05, 0) is 49.2 Å². The summed E-state index contributed by atoms with van der Waals surface area (Å²) in [5, 5.41) is 13.1. The Morgan fingerprint density at radius 1 is 0.679 bits per heavy atom. The molecular formula is C23H26BrClO2P+. The topological polar surface area (TPSA) is 37.3 Å². The van der Waals surface area contributed by atoms with Gasteiger partial charge >= 0.3 is 5.97 Å². The van der Waals surface area contributed by atoms with Crippen molar-refractivity contribution in [2.45, 2.75) is 19.3 Å². The van der Waals surface area contributed by atoms with Gasteiger partial charge in [0.05, 0.1) is 6.16 Å². The highest BCUT2D eigenvalue weighted by Crippen LogP contribution is 2.55. The largest absolute Gasteiger partial charge is 0.481 e. The molecule has 0 saturated heterocycles. The van der Waals surface area contributed by atoms with Crippen LogP contribution >= 0.6 is 36.7 Å². The molecule has 0 fully saturated rings. The molecule has 28 heavy (non-hydrogen) atoms. The summed E-state index contributed by atoms with van der Waals surface area (Å²) in [6.07, 6.45) is 2.83. The Balaban J connectivity index is 0.00000196. The summed E-state index contributed by atoms with van der Waals surface area (Å²) in [6.45, 7) is 0. The van der Waals surface area contributed by atoms with Crippen LogP contribution in [-0.2, 0) is 4.79 Å². The fourth-order valence-electron chi connectivity index (χ4n) is 3.51. The van der Waals surface area contributed by atoms with E-state index in [1.807, 2.05) is 0 Å². The summed E-state index contributed by atoms with van der Waals surface area (Å²) in [7, 11) is -1.81. The first-order valence-corrected chi connectivity index (χ1v) is 11.0. The lowest BCUT2D eigenvalue weighted by atomic mass is 10.2. The van der Waals surface area contributed by atoms with Crippen LogP contribution in [0.25, 0.3) is 0 Å². The van der Waals surface area contributed by atoms with E-state index in [0.717, 1.165) is 12.6 Å². The van der Waals surface area contributed by atoms with Crippen molar-refractivity contribution in [2.24, 2.45) is 0 Å². The number of benzene rings is 3. The molecule has 3 rings (SSSR count). The smallest absolute Gasteiger partial charge is 0.303 e. The monoisotopic (exact) mass is 479 g/mol. The van der Waals surface area contributed by atoms with Crippen LogP contribution in [0.1, 0.15) is 19.3 Å². The lowest BCUT2D eigenvalue weighted by molar-refractivity contribution is -0.137. The van der Waals surface area contributed by atoms with E-state index in [1.54, 1.807) is 0 Å². The van der Waals surface area contributed by atoms with Crippen LogP contribution in [0.15, 0.2) is 91.0 Å². The standard InChI is InChI=1S/C23H23O2P.BrH.ClH/c24-23(25)18-10-11-19-26(20-12-4-1-5-13-20,21-14-6-2-7-15-21)22-16-8-3-9-17-22;;/h1-9,12-17H,10-11,18-19H2;2*1H/p+1. The van der Waals surface area contributed by atoms with Gasteiger partial charge in [0.15, 0.2) is 0 Å². The van der Waals surface area contributed by atoms with Crippen LogP contribution < -0.4 is 15.9 Å². The molecule has 1 N–H and O–H groups in total. The fourth-order valence-corrected chi connectivity index (χ4v) is 7.92. The number of hydrogen-bond donors (Lipinski definition) is 1. The molecule has 0 unspecified atom stereocenters. The van der Waals surface area contributed by atoms with E-state index >= 15 is 0 Å². The van der Waals surface area contributed by atoms with Crippen molar-refractivity contribution in [1.29, 1.82) is 0 Å². The van der Waals surface area contributed by atoms with Crippen LogP contribution in [0.3, 0.4) is 0 Å². The van der Waals surface area contributed by atoms with E-state index in [1.165, 1.54) is 15.9 Å². The molecule has 0 spiro atoms. The molecule has 148 valence electrons. The number of halogens is 2. The molecule has 0 amide bonds. The number of carboxylic acids is 1. The van der Waals surface area contributed by atoms with Gasteiger partial charge in [-0.3, -0.25) is 4.79 Å². The van der Waals surface area contributed by atoms with Crippen LogP contribution in [0, 0.1) is 0 Å². The van der Waals surface area contributed by atoms with Gasteiger partial charge in [-0.25, -0.2) is 0 Å². The number of carbonyl (C=O) groups is 1. The van der Waals surface area contributed by atoms with Gasteiger partial charge in [0.2, 0.25) is 0 Å². The van der Waals surface area contributed by atoms with E-state index in [-0.39, 0.29) is 35.8 Å². The predicted molar refractivity (Wildman–Crippen MR) is 129 cm³/mol. The summed E-state index contributed by atoms with van der Waals surface area (Å²) in [4.78, 5) is 10.9. The third kappa shape index (κ3) is 5.67. The maximum absolute atomic E-state index is 10.9. The first-order valence-electron chi connectivity index (χ1n) is 9.00. The lowest BCUT2D eigenvalue weighted by Gasteiger charge is -2.27. The highest BCUT2D eigenvalue weighted by molar-refractivity contribution is 8.93. The van der Waals surface area contributed by atoms with Crippen molar-refractivity contribution in [3.05, 3.63) is 91.0 Å². The molecule has 3 aromatic carbocycles. The first-order chi connectivity index (χ1) is 12.7. The maximum Gasteiger partial charge on any atom is 0.303 e. The highest BCUT2D eigenvalue weighted by atomic mass is 79.9. The molecule has 0 saturated carbocycles. The molecule has 0 atom stereocenters. The normalized spacial score (nSPS) is 10.4. The molecule has 0 aliphatic rings. The van der Waals surface area contributed by atoms with Gasteiger partial charge in [0.1, 0.15) is 23.2 Å². The summed E-state index contributed by atoms with van der Waals surface area (Å²) < 4.78 is 0. The molecule has 2 nitrogen and oxygen atoms in total. The van der Waals surface area contributed by atoms with Crippen LogP contribution in [0.2, 0.25) is 0 Å². The van der Waals surface area contributed by atoms with Gasteiger partial charge in [-0.2, -0.15) is 0 Å². The Kier molecular flexibility index (Phi) is 10.5. The average Bonchev–Trinajstić information content (AvgIpc) is 2.70. The SMILES string of the molecule is Br.Cl.O=C(O)CCCC[P+](c1ccccc1)(c1ccccc1)c1ccccc1. The minimum Gasteiger partial charge on any atom is -0.481 e. The molecule has 0 heterocycles. The quantitative estimate of drug-likeness (QED) is 0.354. The summed E-state index contributed by atoms with van der Waals surface area (Å²) >= 11 is 0. The minimum absolute atomic E-state index is 0. The molecule has 5 heteroatoms. The van der Waals surface area contributed by atoms with Gasteiger partial charge in [-0.15, -0.1) is 29.4 Å². The summed E-state index contributed by atoms with van der Waals surface area (Å²) in [5.74, 6) is -0.715. The zero-order chi connectivity index (χ0) is 18.2. The average molecular weight is 481 g/mol. The number of aliphatic carboxylic acids is 1. The molecule has 0 aromatic heterocycles. The third-order valence-corrected chi connectivity index (χ3v) is 9.25. The Hall–Kier alpha value is -1.67. The van der Waals surface area contributed by atoms with Gasteiger partial charge < -0.3 is 5.11 Å². The Morgan fingerprint density at radius 2 is 1.04 bits per heavy atom. The summed E-state index contributed by atoms with van der Waals surface area (Å²) in [5.41, 5.74) is 0. The molecule has 3 aromatic rings. The van der Waals surface area contributed by atoms with Crippen LogP contribution in [0.4, 0.5) is 0 Å². The zero-order valence-corrected chi connectivity index (χ0v) is 19.0. The second kappa shape index (κ2) is 12.0. The Bertz CT molecular complexity index is 732. The van der Waals surface area contributed by atoms with Crippen molar-refractivity contribution in [3.63, 3.8) is 0 Å². The van der Waals surface area contributed by atoms with Crippen molar-refractivity contribution in [1.82, 2.24) is 0 Å². The zero-order valence-electron chi connectivity index (χ0n) is 15.6. The molecular weight excluding hydrogens is 455 g/mol. The highest BCUT2D eigenvalue weighted by Gasteiger charge is 2.44. The fraction of sp³-hybridized carbons (Fsp3) is 0.174. The third-order valence-electron chi connectivity index (χ3n) is 4.73. The van der Waals surface area contributed by atoms with E-state index < -0.39 is 13.2 Å². The number of unbranched alkanes of at least 4 members (excludes halogenated alkanes) is 1. The minimum atomic E-state index is -1.81. The van der Waals surface area contributed by atoms with Gasteiger partial charge in [-0.1, -0.05) is 54.6 Å². The second-order valence-corrected chi connectivity index (χ2v) is 10.0. The lowest BCUT2D eigenvalue weighted by Crippen LogP contribution is -2.33. The van der Waals surface area contributed by atoms with Crippen molar-refractivity contribution in [2.75, 3.05) is 6.16 Å². The van der Waals surface area contributed by atoms with E-state index in [4.69, 9.17) is 5.11 Å². The first kappa shape index (κ1) is 24.4. The molecule has 0 aliphatic carbocycles. The predicted octanol–water partition coefficient (Wildman–Crippen LogP) is 5.24. The van der Waals surface area contributed by atoms with Crippen molar-refractivity contribution in [3.8, 4) is 0 Å². The molecule has 0 radical (unpaired) electrons. The van der Waals surface area contributed by atoms with Gasteiger partial charge in [0.25, 0.3) is 0 Å². The van der Waals surface area contributed by atoms with Crippen molar-refractivity contribution >= 4 is 58.5 Å². The molecule has 0 aliphatic heterocycles. The maximum atomic E-state index is 10.9. The number of carboxylic acid groups (broad SMARTS) is 1.